The molecule has 2 heteroatoms. The molecule has 0 heterocycles. The van der Waals surface area contributed by atoms with Gasteiger partial charge in [-0.3, -0.25) is 0 Å². The molecule has 0 N–H and O–H groups in total. The first kappa shape index (κ1) is 11.9. The molecule has 0 saturated heterocycles. The molecule has 2 radical (unpaired) electrons. The third-order valence-corrected chi connectivity index (χ3v) is 1.63. The molecule has 0 aliphatic heterocycles. The summed E-state index contributed by atoms with van der Waals surface area (Å²) >= 11 is 2.01. The number of thioether (sulfide) groups is 1. The molecule has 0 fully saturated rings. The van der Waals surface area contributed by atoms with Gasteiger partial charge >= 0.3 is 23.9 Å². The third-order valence-electron chi connectivity index (χ3n) is 0.544. The molecule has 50 valence electrons. The first-order valence-electron chi connectivity index (χ1n) is 2.78. The zero-order chi connectivity index (χ0) is 5.86. The first-order valence-corrected chi connectivity index (χ1v) is 3.72. The third kappa shape index (κ3) is 10.2. The monoisotopic (exact) mass is 240 g/mol. The minimum atomic E-state index is 0. The van der Waals surface area contributed by atoms with Gasteiger partial charge in [0.2, 0.25) is 0 Å². The summed E-state index contributed by atoms with van der Waals surface area (Å²) in [5, 5.41) is 1.58. The second-order valence-electron chi connectivity index (χ2n) is 2.23. The molecule has 0 saturated carbocycles. The maximum atomic E-state index is 2.23. The summed E-state index contributed by atoms with van der Waals surface area (Å²) in [4.78, 5) is 0. The Morgan fingerprint density at radius 2 is 1.12 bits per heavy atom. The van der Waals surface area contributed by atoms with Crippen molar-refractivity contribution in [2.75, 3.05) is 0 Å². The topological polar surface area (TPSA) is 0 Å². The molecule has 0 unspecified atom stereocenters. The van der Waals surface area contributed by atoms with Crippen LogP contribution in [0.4, 0.5) is 0 Å². The van der Waals surface area contributed by atoms with E-state index < -0.39 is 0 Å². The summed E-state index contributed by atoms with van der Waals surface area (Å²) < 4.78 is 0. The van der Waals surface area contributed by atoms with E-state index in [1.165, 1.54) is 0 Å². The Hall–Kier alpha value is 1.15. The number of rotatable bonds is 2. The molecule has 0 aliphatic rings. The average molecular weight is 239 g/mol. The summed E-state index contributed by atoms with van der Waals surface area (Å²) in [6.07, 6.45) is 0. The predicted octanol–water partition coefficient (Wildman–Crippen LogP) is 1.62. The fraction of sp³-hybridized carbons (Fsp3) is 1.00. The van der Waals surface area contributed by atoms with Crippen LogP contribution >= 0.6 is 11.8 Å². The van der Waals surface area contributed by atoms with Gasteiger partial charge in [0.05, 0.1) is 0 Å². The fourth-order valence-corrected chi connectivity index (χ4v) is 1.63. The molecular formula is C6H16SSn. The van der Waals surface area contributed by atoms with Gasteiger partial charge in [-0.05, 0) is 10.5 Å². The molecule has 0 atom stereocenters. The predicted molar refractivity (Wildman–Crippen MR) is 46.4 cm³/mol. The van der Waals surface area contributed by atoms with Crippen LogP contribution in [0.3, 0.4) is 0 Å². The molecule has 8 heavy (non-hydrogen) atoms. The minimum absolute atomic E-state index is 0. The molecule has 0 aromatic carbocycles. The van der Waals surface area contributed by atoms with E-state index in [4.69, 9.17) is 0 Å². The summed E-state index contributed by atoms with van der Waals surface area (Å²) in [5.74, 6) is 0. The summed E-state index contributed by atoms with van der Waals surface area (Å²) in [5.41, 5.74) is 0. The van der Waals surface area contributed by atoms with Crippen LogP contribution in [0.2, 0.25) is 0 Å². The number of hydrogen-bond donors (Lipinski definition) is 0. The molecule has 0 spiro atoms. The standard InChI is InChI=1S/C6H14S.Sn.2H/c1-5(2)7-6(3)4;;;/h5-6H,1-4H3;;;. The van der Waals surface area contributed by atoms with Gasteiger partial charge < -0.3 is 0 Å². The van der Waals surface area contributed by atoms with E-state index in [9.17, 15) is 0 Å². The van der Waals surface area contributed by atoms with Crippen molar-refractivity contribution in [1.82, 2.24) is 0 Å². The quantitative estimate of drug-likeness (QED) is 0.660. The van der Waals surface area contributed by atoms with Crippen molar-refractivity contribution in [1.29, 1.82) is 0 Å². The van der Waals surface area contributed by atoms with Crippen LogP contribution < -0.4 is 0 Å². The van der Waals surface area contributed by atoms with Crippen molar-refractivity contribution < 1.29 is 0 Å². The van der Waals surface area contributed by atoms with Crippen molar-refractivity contribution in [3.05, 3.63) is 0 Å². The zero-order valence-corrected chi connectivity index (χ0v) is 11.1. The van der Waals surface area contributed by atoms with Crippen LogP contribution in [-0.4, -0.2) is 34.4 Å². The van der Waals surface area contributed by atoms with Gasteiger partial charge in [0.1, 0.15) is 0 Å². The van der Waals surface area contributed by atoms with Gasteiger partial charge in [-0.25, -0.2) is 0 Å². The van der Waals surface area contributed by atoms with Crippen LogP contribution in [0.1, 0.15) is 27.7 Å². The SMILES string of the molecule is CC(C)SC(C)C.[SnH2]. The molecule has 0 aliphatic carbocycles. The Balaban J connectivity index is 0. The van der Waals surface area contributed by atoms with Gasteiger partial charge in [-0.15, -0.1) is 0 Å². The Labute approximate surface area is 73.8 Å². The van der Waals surface area contributed by atoms with Gasteiger partial charge in [0.15, 0.2) is 0 Å². The number of hydrogen-bond acceptors (Lipinski definition) is 1. The van der Waals surface area contributed by atoms with E-state index in [2.05, 4.69) is 27.7 Å². The van der Waals surface area contributed by atoms with Crippen molar-refractivity contribution in [3.8, 4) is 0 Å². The molecule has 0 nitrogen and oxygen atoms in total. The van der Waals surface area contributed by atoms with Crippen molar-refractivity contribution in [2.24, 2.45) is 0 Å². The Bertz CT molecular complexity index is 37.8. The van der Waals surface area contributed by atoms with E-state index in [0.29, 0.717) is 0 Å². The van der Waals surface area contributed by atoms with Gasteiger partial charge in [0, 0.05) is 0 Å². The second-order valence-corrected chi connectivity index (χ2v) is 4.39. The van der Waals surface area contributed by atoms with Crippen molar-refractivity contribution >= 4 is 35.7 Å². The molecule has 0 aromatic rings. The van der Waals surface area contributed by atoms with Crippen LogP contribution in [0.25, 0.3) is 0 Å². The van der Waals surface area contributed by atoms with E-state index >= 15 is 0 Å². The van der Waals surface area contributed by atoms with Crippen molar-refractivity contribution in [2.45, 2.75) is 38.2 Å². The van der Waals surface area contributed by atoms with Gasteiger partial charge in [-0.1, -0.05) is 27.7 Å². The molecular weight excluding hydrogens is 223 g/mol. The van der Waals surface area contributed by atoms with Crippen LogP contribution in [-0.2, 0) is 0 Å². The van der Waals surface area contributed by atoms with E-state index in [-0.39, 0.29) is 23.9 Å². The summed E-state index contributed by atoms with van der Waals surface area (Å²) in [6.45, 7) is 8.91. The van der Waals surface area contributed by atoms with Gasteiger partial charge in [-0.2, -0.15) is 11.8 Å². The van der Waals surface area contributed by atoms with E-state index in [1.807, 2.05) is 11.8 Å². The van der Waals surface area contributed by atoms with Crippen LogP contribution in [0, 0.1) is 0 Å². The Morgan fingerprint density at radius 1 is 0.875 bits per heavy atom. The summed E-state index contributed by atoms with van der Waals surface area (Å²) in [7, 11) is 0. The molecule has 0 amide bonds. The fourth-order valence-electron chi connectivity index (χ4n) is 0.544. The van der Waals surface area contributed by atoms with Crippen molar-refractivity contribution in [3.63, 3.8) is 0 Å². The van der Waals surface area contributed by atoms with Gasteiger partial charge in [0.25, 0.3) is 0 Å². The zero-order valence-electron chi connectivity index (χ0n) is 6.27. The Kier molecular flexibility index (Phi) is 9.32. The second kappa shape index (κ2) is 6.27. The maximum absolute atomic E-state index is 2.23. The average Bonchev–Trinajstić information content (AvgIpc) is 1.27. The normalized spacial score (nSPS) is 9.75. The van der Waals surface area contributed by atoms with Crippen LogP contribution in [0.15, 0.2) is 0 Å². The molecule has 0 bridgehead atoms. The molecule has 0 aromatic heterocycles. The first-order chi connectivity index (χ1) is 3.13. The summed E-state index contributed by atoms with van der Waals surface area (Å²) in [6, 6.07) is 0. The van der Waals surface area contributed by atoms with E-state index in [0.717, 1.165) is 10.5 Å². The molecule has 0 rings (SSSR count). The van der Waals surface area contributed by atoms with Crippen LogP contribution in [0.5, 0.6) is 0 Å². The van der Waals surface area contributed by atoms with E-state index in [1.54, 1.807) is 0 Å². The Morgan fingerprint density at radius 3 is 1.12 bits per heavy atom.